The molecule has 2 aromatic carbocycles. The second-order valence-corrected chi connectivity index (χ2v) is 12.3. The maximum Gasteiger partial charge on any atom is 0.408 e. The number of carbonyl (C=O) groups is 3. The Kier molecular flexibility index (Phi) is 10.1. The van der Waals surface area contributed by atoms with Crippen molar-refractivity contribution in [1.82, 2.24) is 10.2 Å². The number of alkyl carbamates (subject to hydrolysis) is 1. The van der Waals surface area contributed by atoms with Gasteiger partial charge in [-0.25, -0.2) is 4.79 Å². The van der Waals surface area contributed by atoms with E-state index in [9.17, 15) is 14.4 Å². The molecule has 0 aromatic heterocycles. The zero-order chi connectivity index (χ0) is 28.8. The molecule has 0 saturated heterocycles. The number of para-hydroxylation sites is 1. The van der Waals surface area contributed by atoms with Crippen molar-refractivity contribution in [1.29, 1.82) is 0 Å². The number of hydrogen-bond donors (Lipinski definition) is 2. The fourth-order valence-corrected chi connectivity index (χ4v) is 4.33. The lowest BCUT2D eigenvalue weighted by atomic mass is 9.93. The SMILES string of the molecule is Cc1cccc(C(C(=O)Nc2ccccc2C)N(C(=O)C(CC(C)C)NC(=O)OC(C)(C)C)C(C)(C)C)c1. The summed E-state index contributed by atoms with van der Waals surface area (Å²) in [4.78, 5) is 42.7. The van der Waals surface area contributed by atoms with Crippen LogP contribution in [0.5, 0.6) is 0 Å². The largest absolute Gasteiger partial charge is 0.444 e. The highest BCUT2D eigenvalue weighted by Crippen LogP contribution is 2.32. The van der Waals surface area contributed by atoms with Crippen LogP contribution in [0, 0.1) is 19.8 Å². The molecule has 0 heterocycles. The molecular formula is C31H45N3O4. The topological polar surface area (TPSA) is 87.7 Å². The van der Waals surface area contributed by atoms with Crippen LogP contribution in [0.4, 0.5) is 10.5 Å². The van der Waals surface area contributed by atoms with Crippen molar-refractivity contribution in [3.8, 4) is 0 Å². The number of aryl methyl sites for hydroxylation is 2. The number of amides is 3. The normalized spacial score (nSPS) is 13.4. The monoisotopic (exact) mass is 523 g/mol. The lowest BCUT2D eigenvalue weighted by Crippen LogP contribution is -2.58. The van der Waals surface area contributed by atoms with Crippen molar-refractivity contribution in [3.63, 3.8) is 0 Å². The molecule has 0 aliphatic rings. The molecule has 2 N–H and O–H groups in total. The Morgan fingerprint density at radius 1 is 0.921 bits per heavy atom. The first-order valence-electron chi connectivity index (χ1n) is 13.3. The highest BCUT2D eigenvalue weighted by Gasteiger charge is 2.42. The van der Waals surface area contributed by atoms with E-state index < -0.39 is 29.3 Å². The first-order valence-corrected chi connectivity index (χ1v) is 13.3. The fourth-order valence-electron chi connectivity index (χ4n) is 4.33. The standard InChI is InChI=1S/C31H45N3O4/c1-20(2)18-25(33-29(37)38-31(8,9)10)28(36)34(30(5,6)7)26(23-16-13-14-21(3)19-23)27(35)32-24-17-12-11-15-22(24)4/h11-17,19-20,25-26H,18H2,1-10H3,(H,32,35)(H,33,37). The maximum atomic E-state index is 14.3. The summed E-state index contributed by atoms with van der Waals surface area (Å²) in [5, 5.41) is 5.83. The highest BCUT2D eigenvalue weighted by molar-refractivity contribution is 5.99. The third-order valence-electron chi connectivity index (χ3n) is 5.92. The zero-order valence-electron chi connectivity index (χ0n) is 24.6. The van der Waals surface area contributed by atoms with Crippen molar-refractivity contribution < 1.29 is 19.1 Å². The molecule has 2 unspecified atom stereocenters. The molecule has 2 rings (SSSR count). The van der Waals surface area contributed by atoms with Crippen LogP contribution >= 0.6 is 0 Å². The minimum absolute atomic E-state index is 0.110. The number of hydrogen-bond acceptors (Lipinski definition) is 4. The third kappa shape index (κ3) is 8.89. The second kappa shape index (κ2) is 12.5. The van der Waals surface area contributed by atoms with Crippen LogP contribution < -0.4 is 10.6 Å². The molecule has 0 bridgehead atoms. The molecule has 7 heteroatoms. The Balaban J connectivity index is 2.60. The summed E-state index contributed by atoms with van der Waals surface area (Å²) in [7, 11) is 0. The third-order valence-corrected chi connectivity index (χ3v) is 5.92. The molecule has 0 aliphatic heterocycles. The molecule has 38 heavy (non-hydrogen) atoms. The second-order valence-electron chi connectivity index (χ2n) is 12.3. The van der Waals surface area contributed by atoms with E-state index in [1.54, 1.807) is 25.7 Å². The Morgan fingerprint density at radius 3 is 2.08 bits per heavy atom. The summed E-state index contributed by atoms with van der Waals surface area (Å²) in [6.07, 6.45) is -0.272. The number of carbonyl (C=O) groups excluding carboxylic acids is 3. The number of nitrogens with one attached hydrogen (secondary N) is 2. The molecule has 208 valence electrons. The average molecular weight is 524 g/mol. The zero-order valence-corrected chi connectivity index (χ0v) is 24.6. The van der Waals surface area contributed by atoms with Gasteiger partial charge in [0.2, 0.25) is 5.91 Å². The molecule has 7 nitrogen and oxygen atoms in total. The van der Waals surface area contributed by atoms with E-state index in [0.717, 1.165) is 11.1 Å². The molecule has 2 aromatic rings. The van der Waals surface area contributed by atoms with Gasteiger partial charge < -0.3 is 20.3 Å². The van der Waals surface area contributed by atoms with Crippen LogP contribution in [0.15, 0.2) is 48.5 Å². The van der Waals surface area contributed by atoms with E-state index in [1.165, 1.54) is 0 Å². The number of nitrogens with zero attached hydrogens (tertiary/aromatic N) is 1. The smallest absolute Gasteiger partial charge is 0.408 e. The first kappa shape index (κ1) is 30.9. The van der Waals surface area contributed by atoms with Gasteiger partial charge in [-0.15, -0.1) is 0 Å². The maximum absolute atomic E-state index is 14.3. The Labute approximate surface area is 228 Å². The number of rotatable bonds is 8. The van der Waals surface area contributed by atoms with Gasteiger partial charge in [0.05, 0.1) is 0 Å². The van der Waals surface area contributed by atoms with Gasteiger partial charge in [0.25, 0.3) is 5.91 Å². The van der Waals surface area contributed by atoms with Crippen LogP contribution in [-0.2, 0) is 14.3 Å². The van der Waals surface area contributed by atoms with Gasteiger partial charge in [-0.05, 0) is 84.9 Å². The van der Waals surface area contributed by atoms with E-state index in [1.807, 2.05) is 97.0 Å². The van der Waals surface area contributed by atoms with Gasteiger partial charge in [-0.3, -0.25) is 9.59 Å². The summed E-state index contributed by atoms with van der Waals surface area (Å²) in [6, 6.07) is 13.4. The van der Waals surface area contributed by atoms with Crippen LogP contribution in [0.3, 0.4) is 0 Å². The molecule has 3 amide bonds. The van der Waals surface area contributed by atoms with Crippen molar-refractivity contribution in [2.75, 3.05) is 5.32 Å². The van der Waals surface area contributed by atoms with Gasteiger partial charge in [0.1, 0.15) is 17.7 Å². The Hall–Kier alpha value is -3.35. The summed E-state index contributed by atoms with van der Waals surface area (Å²) in [5.74, 6) is -0.559. The minimum atomic E-state index is -0.933. The quantitative estimate of drug-likeness (QED) is 0.411. The van der Waals surface area contributed by atoms with Crippen LogP contribution in [0.1, 0.15) is 84.5 Å². The molecule has 0 radical (unpaired) electrons. The number of anilines is 1. The Bertz CT molecular complexity index is 1130. The Morgan fingerprint density at radius 2 is 1.55 bits per heavy atom. The molecule has 2 atom stereocenters. The van der Waals surface area contributed by atoms with Gasteiger partial charge in [-0.1, -0.05) is 61.9 Å². The number of ether oxygens (including phenoxy) is 1. The molecule has 0 saturated carbocycles. The summed E-state index contributed by atoms with van der Waals surface area (Å²) in [6.45, 7) is 18.9. The number of benzene rings is 2. The molecule has 0 spiro atoms. The lowest BCUT2D eigenvalue weighted by Gasteiger charge is -2.43. The van der Waals surface area contributed by atoms with Gasteiger partial charge >= 0.3 is 6.09 Å². The lowest BCUT2D eigenvalue weighted by molar-refractivity contribution is -0.147. The van der Waals surface area contributed by atoms with Crippen molar-refractivity contribution in [3.05, 3.63) is 65.2 Å². The van der Waals surface area contributed by atoms with E-state index in [2.05, 4.69) is 10.6 Å². The van der Waals surface area contributed by atoms with Crippen LogP contribution in [0.25, 0.3) is 0 Å². The van der Waals surface area contributed by atoms with Crippen molar-refractivity contribution in [2.24, 2.45) is 5.92 Å². The predicted molar refractivity (Wildman–Crippen MR) is 153 cm³/mol. The molecule has 0 fully saturated rings. The van der Waals surface area contributed by atoms with Gasteiger partial charge in [-0.2, -0.15) is 0 Å². The predicted octanol–water partition coefficient (Wildman–Crippen LogP) is 6.55. The van der Waals surface area contributed by atoms with Gasteiger partial charge in [0.15, 0.2) is 0 Å². The van der Waals surface area contributed by atoms with Gasteiger partial charge in [0, 0.05) is 11.2 Å². The van der Waals surface area contributed by atoms with Crippen molar-refractivity contribution in [2.45, 2.75) is 98.9 Å². The van der Waals surface area contributed by atoms with E-state index in [0.29, 0.717) is 17.7 Å². The average Bonchev–Trinajstić information content (AvgIpc) is 2.75. The fraction of sp³-hybridized carbons (Fsp3) is 0.516. The molecule has 0 aliphatic carbocycles. The van der Waals surface area contributed by atoms with Crippen molar-refractivity contribution >= 4 is 23.6 Å². The molecular weight excluding hydrogens is 478 g/mol. The summed E-state index contributed by atoms with van der Waals surface area (Å²) >= 11 is 0. The summed E-state index contributed by atoms with van der Waals surface area (Å²) in [5.41, 5.74) is 1.81. The minimum Gasteiger partial charge on any atom is -0.444 e. The van der Waals surface area contributed by atoms with E-state index in [-0.39, 0.29) is 17.7 Å². The highest BCUT2D eigenvalue weighted by atomic mass is 16.6. The van der Waals surface area contributed by atoms with Crippen LogP contribution in [0.2, 0.25) is 0 Å². The summed E-state index contributed by atoms with van der Waals surface area (Å²) < 4.78 is 5.47. The van der Waals surface area contributed by atoms with E-state index in [4.69, 9.17) is 4.74 Å². The first-order chi connectivity index (χ1) is 17.5. The van der Waals surface area contributed by atoms with Crippen LogP contribution in [-0.4, -0.2) is 40.0 Å². The van der Waals surface area contributed by atoms with E-state index >= 15 is 0 Å².